The van der Waals surface area contributed by atoms with Crippen LogP contribution in [0.2, 0.25) is 0 Å². The average Bonchev–Trinajstić information content (AvgIpc) is 3.07. The first-order chi connectivity index (χ1) is 23.5. The van der Waals surface area contributed by atoms with E-state index in [0.29, 0.717) is 13.0 Å². The highest BCUT2D eigenvalue weighted by Crippen LogP contribution is 2.18. The highest BCUT2D eigenvalue weighted by molar-refractivity contribution is 5.69. The summed E-state index contributed by atoms with van der Waals surface area (Å²) in [5, 5.41) is 0. The minimum Gasteiger partial charge on any atom is -0.462 e. The van der Waals surface area contributed by atoms with E-state index in [4.69, 9.17) is 14.2 Å². The van der Waals surface area contributed by atoms with Crippen molar-refractivity contribution >= 4 is 12.1 Å². The molecule has 1 atom stereocenters. The second-order valence-electron chi connectivity index (χ2n) is 14.5. The van der Waals surface area contributed by atoms with Crippen LogP contribution in [0.5, 0.6) is 0 Å². The summed E-state index contributed by atoms with van der Waals surface area (Å²) in [4.78, 5) is 27.1. The number of carbonyl (C=O) groups is 2. The molecule has 6 nitrogen and oxygen atoms in total. The third-order valence-electron chi connectivity index (χ3n) is 9.71. The molecule has 0 heterocycles. The molecule has 0 aromatic heterocycles. The lowest BCUT2D eigenvalue weighted by atomic mass is 10.0. The lowest BCUT2D eigenvalue weighted by Crippen LogP contribution is -2.26. The minimum absolute atomic E-state index is 0.0223. The van der Waals surface area contributed by atoms with Gasteiger partial charge < -0.3 is 19.1 Å². The Bertz CT molecular complexity index is 671. The molecule has 0 saturated carbocycles. The predicted molar refractivity (Wildman–Crippen MR) is 205 cm³/mol. The number of rotatable bonds is 37. The zero-order valence-corrected chi connectivity index (χ0v) is 33.0. The summed E-state index contributed by atoms with van der Waals surface area (Å²) in [5.74, 6) is 0.0223. The Morgan fingerprint density at radius 3 is 1.46 bits per heavy atom. The molecule has 0 radical (unpaired) electrons. The van der Waals surface area contributed by atoms with Crippen molar-refractivity contribution < 1.29 is 23.8 Å². The number of unbranched alkanes of at least 4 members (excludes halogenated alkanes) is 20. The molecule has 0 aliphatic carbocycles. The quantitative estimate of drug-likeness (QED) is 0.0480. The van der Waals surface area contributed by atoms with Crippen LogP contribution in [0.25, 0.3) is 0 Å². The van der Waals surface area contributed by atoms with Gasteiger partial charge in [-0.3, -0.25) is 4.79 Å². The first-order valence-electron chi connectivity index (χ1n) is 21.2. The Labute approximate surface area is 299 Å². The third kappa shape index (κ3) is 33.2. The van der Waals surface area contributed by atoms with Crippen LogP contribution in [0.3, 0.4) is 0 Å². The van der Waals surface area contributed by atoms with Crippen LogP contribution in [0.15, 0.2) is 0 Å². The number of nitrogens with zero attached hydrogens (tertiary/aromatic N) is 1. The number of hydrogen-bond acceptors (Lipinski definition) is 6. The van der Waals surface area contributed by atoms with Gasteiger partial charge >= 0.3 is 12.1 Å². The lowest BCUT2D eigenvalue weighted by Gasteiger charge is -2.20. The summed E-state index contributed by atoms with van der Waals surface area (Å²) in [6.45, 7) is 14.6. The molecule has 0 aromatic rings. The van der Waals surface area contributed by atoms with Gasteiger partial charge in [0.05, 0.1) is 6.61 Å². The number of carbonyl (C=O) groups excluding carboxylic acids is 2. The van der Waals surface area contributed by atoms with Gasteiger partial charge in [-0.1, -0.05) is 143 Å². The van der Waals surface area contributed by atoms with Crippen molar-refractivity contribution in [1.82, 2.24) is 4.90 Å². The van der Waals surface area contributed by atoms with Crippen molar-refractivity contribution in [1.29, 1.82) is 0 Å². The van der Waals surface area contributed by atoms with Crippen LogP contribution in [-0.4, -0.2) is 55.5 Å². The normalized spacial score (nSPS) is 12.1. The van der Waals surface area contributed by atoms with Gasteiger partial charge in [-0.05, 0) is 90.8 Å². The van der Waals surface area contributed by atoms with Crippen LogP contribution >= 0.6 is 0 Å². The molecule has 0 spiro atoms. The number of hydrogen-bond donors (Lipinski definition) is 0. The molecule has 48 heavy (non-hydrogen) atoms. The van der Waals surface area contributed by atoms with Gasteiger partial charge in [0.1, 0.15) is 12.2 Å². The molecule has 0 amide bonds. The van der Waals surface area contributed by atoms with Gasteiger partial charge in [0, 0.05) is 6.42 Å². The number of ether oxygens (including phenoxy) is 3. The topological polar surface area (TPSA) is 65.1 Å². The first kappa shape index (κ1) is 46.7. The second-order valence-corrected chi connectivity index (χ2v) is 14.5. The van der Waals surface area contributed by atoms with Crippen LogP contribution in [0.4, 0.5) is 4.79 Å². The van der Waals surface area contributed by atoms with Crippen molar-refractivity contribution in [2.75, 3.05) is 26.2 Å². The fraction of sp³-hybridized carbons (Fsp3) is 0.952. The molecule has 0 bridgehead atoms. The molecule has 286 valence electrons. The van der Waals surface area contributed by atoms with E-state index in [1.54, 1.807) is 0 Å². The smallest absolute Gasteiger partial charge is 0.462 e. The lowest BCUT2D eigenvalue weighted by molar-refractivity contribution is -0.150. The molecule has 6 heteroatoms. The molecule has 0 aliphatic rings. The largest absolute Gasteiger partial charge is 0.508 e. The van der Waals surface area contributed by atoms with Crippen LogP contribution in [-0.2, 0) is 19.0 Å². The fourth-order valence-corrected chi connectivity index (χ4v) is 6.44. The van der Waals surface area contributed by atoms with Gasteiger partial charge in [0.2, 0.25) is 0 Å². The van der Waals surface area contributed by atoms with Crippen molar-refractivity contribution in [3.05, 3.63) is 0 Å². The maximum atomic E-state index is 12.7. The average molecular weight is 682 g/mol. The van der Waals surface area contributed by atoms with E-state index in [9.17, 15) is 9.59 Å². The standard InChI is InChI=1S/C42H83NO5/c1-6-10-13-16-20-25-32-39(5)47-42(45)46-38-31-30-37-43(9-4)36-29-24-19-23-28-35-41(44)48-40(33-26-21-17-14-11-7-2)34-27-22-18-15-12-8-3/h39-40H,6-38H2,1-5H3. The van der Waals surface area contributed by atoms with E-state index in [1.807, 2.05) is 6.92 Å². The Kier molecular flexibility index (Phi) is 36.0. The first-order valence-corrected chi connectivity index (χ1v) is 21.2. The van der Waals surface area contributed by atoms with Crippen molar-refractivity contribution in [3.8, 4) is 0 Å². The maximum absolute atomic E-state index is 12.7. The number of esters is 1. The fourth-order valence-electron chi connectivity index (χ4n) is 6.44. The molecule has 0 rings (SSSR count). The Morgan fingerprint density at radius 2 is 0.938 bits per heavy atom. The SMILES string of the molecule is CCCCCCCCC(C)OC(=O)OCCCCN(CC)CCCCCCCC(=O)OC(CCCCCCCC)CCCCCCCC. The summed E-state index contributed by atoms with van der Waals surface area (Å²) >= 11 is 0. The van der Waals surface area contributed by atoms with Gasteiger partial charge in [0.15, 0.2) is 0 Å². The van der Waals surface area contributed by atoms with Gasteiger partial charge in [-0.25, -0.2) is 4.79 Å². The molecular formula is C42H83NO5. The van der Waals surface area contributed by atoms with Gasteiger partial charge in [-0.15, -0.1) is 0 Å². The third-order valence-corrected chi connectivity index (χ3v) is 9.71. The van der Waals surface area contributed by atoms with E-state index >= 15 is 0 Å². The molecule has 0 saturated heterocycles. The van der Waals surface area contributed by atoms with Crippen molar-refractivity contribution in [2.24, 2.45) is 0 Å². The van der Waals surface area contributed by atoms with E-state index in [1.165, 1.54) is 128 Å². The summed E-state index contributed by atoms with van der Waals surface area (Å²) in [6.07, 6.45) is 33.5. The zero-order valence-electron chi connectivity index (χ0n) is 33.0. The highest BCUT2D eigenvalue weighted by atomic mass is 16.7. The van der Waals surface area contributed by atoms with E-state index in [2.05, 4.69) is 32.6 Å². The highest BCUT2D eigenvalue weighted by Gasteiger charge is 2.15. The Hall–Kier alpha value is -1.30. The molecule has 0 aromatic carbocycles. The van der Waals surface area contributed by atoms with Gasteiger partial charge in [-0.2, -0.15) is 0 Å². The van der Waals surface area contributed by atoms with E-state index < -0.39 is 6.16 Å². The van der Waals surface area contributed by atoms with Crippen LogP contribution < -0.4 is 0 Å². The summed E-state index contributed by atoms with van der Waals surface area (Å²) in [6, 6.07) is 0. The van der Waals surface area contributed by atoms with E-state index in [0.717, 1.165) is 71.0 Å². The molecule has 1 unspecified atom stereocenters. The zero-order chi connectivity index (χ0) is 35.3. The molecule has 0 N–H and O–H groups in total. The summed E-state index contributed by atoms with van der Waals surface area (Å²) in [5.41, 5.74) is 0. The summed E-state index contributed by atoms with van der Waals surface area (Å²) in [7, 11) is 0. The Morgan fingerprint density at radius 1 is 0.500 bits per heavy atom. The van der Waals surface area contributed by atoms with Crippen LogP contribution in [0.1, 0.15) is 221 Å². The predicted octanol–water partition coefficient (Wildman–Crippen LogP) is 13.1. The van der Waals surface area contributed by atoms with E-state index in [-0.39, 0.29) is 18.2 Å². The van der Waals surface area contributed by atoms with Crippen molar-refractivity contribution in [2.45, 2.75) is 233 Å². The Balaban J connectivity index is 3.96. The molecule has 0 fully saturated rings. The second kappa shape index (κ2) is 37.0. The van der Waals surface area contributed by atoms with Gasteiger partial charge in [0.25, 0.3) is 0 Å². The maximum Gasteiger partial charge on any atom is 0.508 e. The molecule has 0 aliphatic heterocycles. The van der Waals surface area contributed by atoms with Crippen molar-refractivity contribution in [3.63, 3.8) is 0 Å². The minimum atomic E-state index is -0.518. The monoisotopic (exact) mass is 682 g/mol. The molecular weight excluding hydrogens is 598 g/mol. The van der Waals surface area contributed by atoms with Crippen LogP contribution in [0, 0.1) is 0 Å². The summed E-state index contributed by atoms with van der Waals surface area (Å²) < 4.78 is 16.7.